The second-order valence-electron chi connectivity index (χ2n) is 7.73. The highest BCUT2D eigenvalue weighted by molar-refractivity contribution is 7.15. The molecule has 2 aliphatic rings. The Morgan fingerprint density at radius 2 is 1.86 bits per heavy atom. The van der Waals surface area contributed by atoms with Gasteiger partial charge in [0.15, 0.2) is 0 Å². The Hall–Kier alpha value is -2.38. The Labute approximate surface area is 171 Å². The van der Waals surface area contributed by atoms with E-state index in [1.54, 1.807) is 17.5 Å². The number of hydrogen-bond donors (Lipinski definition) is 1. The van der Waals surface area contributed by atoms with E-state index in [2.05, 4.69) is 9.55 Å². The van der Waals surface area contributed by atoms with Gasteiger partial charge in [0.25, 0.3) is 0 Å². The molecule has 1 aromatic carbocycles. The second kappa shape index (κ2) is 6.85. The summed E-state index contributed by atoms with van der Waals surface area (Å²) in [6.07, 6.45) is 4.18. The Balaban J connectivity index is 1.84. The van der Waals surface area contributed by atoms with E-state index in [9.17, 15) is 13.9 Å². The molecule has 5 rings (SSSR count). The van der Waals surface area contributed by atoms with E-state index in [0.29, 0.717) is 25.0 Å². The fraction of sp³-hybridized carbons (Fsp3) is 0.364. The van der Waals surface area contributed by atoms with Crippen LogP contribution in [-0.4, -0.2) is 26.5 Å². The molecule has 4 nitrogen and oxygen atoms in total. The first-order valence-electron chi connectivity index (χ1n) is 9.85. The second-order valence-corrected chi connectivity index (χ2v) is 8.81. The number of thiophene rings is 1. The summed E-state index contributed by atoms with van der Waals surface area (Å²) in [6.45, 7) is 3.86. The highest BCUT2D eigenvalue weighted by atomic mass is 32.1. The predicted octanol–water partition coefficient (Wildman–Crippen LogP) is 4.67. The smallest absolute Gasteiger partial charge is 0.135 e. The molecule has 7 heteroatoms. The molecule has 0 fully saturated rings. The van der Waals surface area contributed by atoms with Gasteiger partial charge in [0.05, 0.1) is 35.3 Å². The molecule has 0 saturated carbocycles. The Kier molecular flexibility index (Phi) is 4.40. The number of aliphatic hydroxyl groups is 1. The van der Waals surface area contributed by atoms with E-state index < -0.39 is 11.6 Å². The minimum atomic E-state index is -0.614. The number of fused-ring (bicyclic) bond motifs is 5. The molecule has 0 radical (unpaired) electrons. The number of aromatic nitrogens is 2. The summed E-state index contributed by atoms with van der Waals surface area (Å²) < 4.78 is 31.7. The van der Waals surface area contributed by atoms with E-state index in [4.69, 9.17) is 4.99 Å². The monoisotopic (exact) mass is 413 g/mol. The zero-order valence-corrected chi connectivity index (χ0v) is 17.1. The fourth-order valence-electron chi connectivity index (χ4n) is 4.38. The van der Waals surface area contributed by atoms with Crippen molar-refractivity contribution in [3.05, 3.63) is 69.1 Å². The van der Waals surface area contributed by atoms with Gasteiger partial charge in [-0.1, -0.05) is 6.07 Å². The van der Waals surface area contributed by atoms with Gasteiger partial charge in [-0.15, -0.1) is 11.3 Å². The number of halogens is 2. The number of aryl methyl sites for hydroxylation is 2. The van der Waals surface area contributed by atoms with E-state index in [1.165, 1.54) is 18.2 Å². The van der Waals surface area contributed by atoms with Crippen LogP contribution < -0.4 is 0 Å². The van der Waals surface area contributed by atoms with Gasteiger partial charge in [-0.25, -0.2) is 13.8 Å². The maximum Gasteiger partial charge on any atom is 0.135 e. The van der Waals surface area contributed by atoms with E-state index >= 15 is 0 Å². The molecule has 0 spiro atoms. The van der Waals surface area contributed by atoms with Gasteiger partial charge in [0.2, 0.25) is 0 Å². The maximum absolute atomic E-state index is 14.8. The number of imidazole rings is 1. The van der Waals surface area contributed by atoms with Gasteiger partial charge in [-0.05, 0) is 57.2 Å². The van der Waals surface area contributed by atoms with Crippen LogP contribution in [0.3, 0.4) is 0 Å². The van der Waals surface area contributed by atoms with Crippen LogP contribution >= 0.6 is 11.3 Å². The third kappa shape index (κ3) is 2.87. The largest absolute Gasteiger partial charge is 0.393 e. The van der Waals surface area contributed by atoms with Gasteiger partial charge < -0.3 is 5.11 Å². The molecule has 1 N–H and O–H groups in total. The van der Waals surface area contributed by atoms with Crippen LogP contribution in [0, 0.1) is 18.6 Å². The summed E-state index contributed by atoms with van der Waals surface area (Å²) in [4.78, 5) is 10.4. The van der Waals surface area contributed by atoms with Crippen molar-refractivity contribution in [2.45, 2.75) is 51.7 Å². The van der Waals surface area contributed by atoms with Gasteiger partial charge in [-0.3, -0.25) is 9.56 Å². The number of aliphatic imine (C=N–C) groups is 1. The lowest BCUT2D eigenvalue weighted by molar-refractivity contribution is 0.158. The van der Waals surface area contributed by atoms with E-state index in [0.717, 1.165) is 38.9 Å². The molecule has 0 amide bonds. The number of hydrogen-bond acceptors (Lipinski definition) is 4. The molecule has 0 bridgehead atoms. The lowest BCUT2D eigenvalue weighted by Gasteiger charge is -2.13. The lowest BCUT2D eigenvalue weighted by Crippen LogP contribution is -2.13. The predicted molar refractivity (Wildman–Crippen MR) is 109 cm³/mol. The molecule has 2 atom stereocenters. The van der Waals surface area contributed by atoms with Crippen LogP contribution in [0.1, 0.15) is 58.9 Å². The van der Waals surface area contributed by atoms with Gasteiger partial charge in [0, 0.05) is 10.4 Å². The van der Waals surface area contributed by atoms with Crippen molar-refractivity contribution in [1.29, 1.82) is 0 Å². The number of benzene rings is 1. The molecular formula is C22H21F2N3OS. The third-order valence-electron chi connectivity index (χ3n) is 5.86. The summed E-state index contributed by atoms with van der Waals surface area (Å²) in [5.74, 6) is -0.399. The SMILES string of the molecule is Cc1ncc2n1-c1sc3c(c1C(c1c(F)cccc1F)=N[C@H]2C)CC[C@@H](O)CC3. The Bertz CT molecular complexity index is 1130. The molecule has 150 valence electrons. The maximum atomic E-state index is 14.8. The van der Waals surface area contributed by atoms with Crippen LogP contribution in [-0.2, 0) is 12.8 Å². The van der Waals surface area contributed by atoms with Crippen LogP contribution in [0.15, 0.2) is 29.4 Å². The van der Waals surface area contributed by atoms with E-state index in [-0.39, 0.29) is 17.7 Å². The number of nitrogens with zero attached hydrogens (tertiary/aromatic N) is 3. The molecule has 0 saturated heterocycles. The van der Waals surface area contributed by atoms with Crippen molar-refractivity contribution in [3.63, 3.8) is 0 Å². The summed E-state index contributed by atoms with van der Waals surface area (Å²) >= 11 is 1.63. The lowest BCUT2D eigenvalue weighted by atomic mass is 9.95. The zero-order valence-electron chi connectivity index (χ0n) is 16.2. The molecule has 1 aliphatic carbocycles. The Morgan fingerprint density at radius 1 is 1.14 bits per heavy atom. The first-order chi connectivity index (χ1) is 14.0. The summed E-state index contributed by atoms with van der Waals surface area (Å²) in [7, 11) is 0. The quantitative estimate of drug-likeness (QED) is 0.590. The Morgan fingerprint density at radius 3 is 2.62 bits per heavy atom. The van der Waals surface area contributed by atoms with Gasteiger partial charge in [-0.2, -0.15) is 0 Å². The normalized spacial score (nSPS) is 20.9. The van der Waals surface area contributed by atoms with Crippen molar-refractivity contribution in [3.8, 4) is 5.00 Å². The topological polar surface area (TPSA) is 50.4 Å². The van der Waals surface area contributed by atoms with Crippen molar-refractivity contribution in [2.24, 2.45) is 4.99 Å². The zero-order chi connectivity index (χ0) is 20.3. The first kappa shape index (κ1) is 18.6. The fourth-order valence-corrected chi connectivity index (χ4v) is 5.81. The first-order valence-corrected chi connectivity index (χ1v) is 10.7. The number of aliphatic hydroxyl groups excluding tert-OH is 1. The molecule has 3 aromatic rings. The summed E-state index contributed by atoms with van der Waals surface area (Å²) in [5.41, 5.74) is 3.03. The standard InChI is InChI=1S/C22H21F2N3OS/c1-11-17-10-25-12(2)27(17)22-19(14-8-6-13(28)7-9-18(14)29-22)21(26-11)20-15(23)4-3-5-16(20)24/h3-5,10-11,13,28H,6-9H2,1-2H3/t11-,13+/m0/s1. The average molecular weight is 413 g/mol. The van der Waals surface area contributed by atoms with E-state index in [1.807, 2.05) is 13.8 Å². The minimum absolute atomic E-state index is 0.0811. The van der Waals surface area contributed by atoms with Crippen molar-refractivity contribution in [2.75, 3.05) is 0 Å². The van der Waals surface area contributed by atoms with Gasteiger partial charge >= 0.3 is 0 Å². The summed E-state index contributed by atoms with van der Waals surface area (Å²) in [6, 6.07) is 3.63. The van der Waals surface area contributed by atoms with Crippen LogP contribution in [0.5, 0.6) is 0 Å². The minimum Gasteiger partial charge on any atom is -0.393 e. The number of rotatable bonds is 1. The van der Waals surface area contributed by atoms with Crippen LogP contribution in [0.4, 0.5) is 8.78 Å². The average Bonchev–Trinajstić information content (AvgIpc) is 3.14. The molecule has 29 heavy (non-hydrogen) atoms. The molecule has 0 unspecified atom stereocenters. The van der Waals surface area contributed by atoms with Crippen molar-refractivity contribution < 1.29 is 13.9 Å². The highest BCUT2D eigenvalue weighted by Crippen LogP contribution is 2.42. The molecular weight excluding hydrogens is 392 g/mol. The van der Waals surface area contributed by atoms with Crippen LogP contribution in [0.25, 0.3) is 5.00 Å². The van der Waals surface area contributed by atoms with Crippen molar-refractivity contribution >= 4 is 17.0 Å². The molecule has 1 aliphatic heterocycles. The third-order valence-corrected chi connectivity index (χ3v) is 7.14. The van der Waals surface area contributed by atoms with Gasteiger partial charge in [0.1, 0.15) is 22.5 Å². The molecule has 3 heterocycles. The van der Waals surface area contributed by atoms with Crippen molar-refractivity contribution in [1.82, 2.24) is 9.55 Å². The molecule has 2 aromatic heterocycles. The summed E-state index contributed by atoms with van der Waals surface area (Å²) in [5, 5.41) is 11.1. The van der Waals surface area contributed by atoms with Crippen LogP contribution in [0.2, 0.25) is 0 Å². The highest BCUT2D eigenvalue weighted by Gasteiger charge is 2.33.